The molecule has 2 N–H and O–H groups in total. The van der Waals surface area contributed by atoms with Crippen molar-refractivity contribution in [2.45, 2.75) is 84.0 Å². The van der Waals surface area contributed by atoms with Crippen LogP contribution in [0.5, 0.6) is 0 Å². The highest BCUT2D eigenvalue weighted by molar-refractivity contribution is 5.76. The van der Waals surface area contributed by atoms with Crippen LogP contribution in [0.3, 0.4) is 0 Å². The molecule has 0 aromatic rings. The molecule has 0 amide bonds. The topological polar surface area (TPSA) is 138 Å². The Bertz CT molecular complexity index is 868. The fraction of sp³-hybridized carbons (Fsp3) is 0.875. The van der Waals surface area contributed by atoms with E-state index in [9.17, 15) is 24.6 Å². The number of methoxy groups -OCH3 is 2. The second-order valence-corrected chi connectivity index (χ2v) is 11.3. The van der Waals surface area contributed by atoms with Crippen molar-refractivity contribution < 1.29 is 48.3 Å². The summed E-state index contributed by atoms with van der Waals surface area (Å²) in [6, 6.07) is 0. The van der Waals surface area contributed by atoms with E-state index in [0.717, 1.165) is 0 Å². The van der Waals surface area contributed by atoms with Crippen molar-refractivity contribution in [3.8, 4) is 0 Å². The molecule has 4 fully saturated rings. The van der Waals surface area contributed by atoms with Crippen LogP contribution in [-0.2, 0) is 38.1 Å². The number of carbonyl (C=O) groups excluding carboxylic acids is 3. The Morgan fingerprint density at radius 2 is 1.85 bits per heavy atom. The average molecular weight is 485 g/mol. The Kier molecular flexibility index (Phi) is 5.97. The third kappa shape index (κ3) is 2.72. The lowest BCUT2D eigenvalue weighted by molar-refractivity contribution is -0.243. The Morgan fingerprint density at radius 1 is 1.21 bits per heavy atom. The Balaban J connectivity index is 2.03. The molecule has 192 valence electrons. The summed E-state index contributed by atoms with van der Waals surface area (Å²) in [4.78, 5) is 37.8. The quantitative estimate of drug-likeness (QED) is 0.426. The molecule has 4 rings (SSSR count). The highest BCUT2D eigenvalue weighted by Gasteiger charge is 2.92. The first-order chi connectivity index (χ1) is 15.8. The van der Waals surface area contributed by atoms with Crippen LogP contribution in [0.2, 0.25) is 0 Å². The third-order valence-corrected chi connectivity index (χ3v) is 9.06. The molecule has 11 atom stereocenters. The van der Waals surface area contributed by atoms with Gasteiger partial charge in [0, 0.05) is 31.3 Å². The first-order valence-corrected chi connectivity index (χ1v) is 11.7. The molecule has 2 saturated carbocycles. The first-order valence-electron chi connectivity index (χ1n) is 11.7. The smallest absolute Gasteiger partial charge is 0.308 e. The molecule has 10 nitrogen and oxygen atoms in total. The standard InChI is InChI=1S/C24H36O10/c1-11(18(28)31-7)13-8-9-22-16(27)14(32-12(2)26)15(21(3,4)5)24(22)17(30-6)19(29)33-20(24)34-23(13,22)10-25/h10-11,13-17,19-20,27,29H,8-9H2,1-7H3/t11?,13-,14-,15+,16?,17+,19-,20?,22?,23?,24?/m1/s1. The number of rotatable bonds is 5. The highest BCUT2D eigenvalue weighted by atomic mass is 16.8. The van der Waals surface area contributed by atoms with Gasteiger partial charge in [0.25, 0.3) is 0 Å². The summed E-state index contributed by atoms with van der Waals surface area (Å²) in [6.45, 7) is 8.75. The van der Waals surface area contributed by atoms with Crippen LogP contribution < -0.4 is 0 Å². The summed E-state index contributed by atoms with van der Waals surface area (Å²) in [5.41, 5.74) is -4.85. The molecule has 0 radical (unpaired) electrons. The predicted molar refractivity (Wildman–Crippen MR) is 115 cm³/mol. The van der Waals surface area contributed by atoms with Gasteiger partial charge in [-0.3, -0.25) is 9.59 Å². The van der Waals surface area contributed by atoms with Gasteiger partial charge in [-0.05, 0) is 18.3 Å². The van der Waals surface area contributed by atoms with Gasteiger partial charge >= 0.3 is 11.9 Å². The maximum atomic E-state index is 13.1. The van der Waals surface area contributed by atoms with E-state index >= 15 is 0 Å². The van der Waals surface area contributed by atoms with Gasteiger partial charge in [0.05, 0.1) is 18.4 Å². The molecular weight excluding hydrogens is 448 g/mol. The van der Waals surface area contributed by atoms with E-state index in [-0.39, 0.29) is 6.42 Å². The van der Waals surface area contributed by atoms with Crippen molar-refractivity contribution >= 4 is 18.2 Å². The zero-order valence-electron chi connectivity index (χ0n) is 20.8. The second kappa shape index (κ2) is 7.96. The molecule has 6 unspecified atom stereocenters. The Morgan fingerprint density at radius 3 is 2.35 bits per heavy atom. The third-order valence-electron chi connectivity index (χ3n) is 9.06. The number of aliphatic hydroxyl groups is 2. The molecular formula is C24H36O10. The molecule has 4 aliphatic rings. The molecule has 2 aliphatic heterocycles. The normalized spacial score (nSPS) is 48.1. The van der Waals surface area contributed by atoms with Crippen molar-refractivity contribution in [1.29, 1.82) is 0 Å². The zero-order chi connectivity index (χ0) is 25.4. The molecule has 2 heterocycles. The van der Waals surface area contributed by atoms with Crippen molar-refractivity contribution in [3.63, 3.8) is 0 Å². The van der Waals surface area contributed by atoms with Crippen molar-refractivity contribution in [3.05, 3.63) is 0 Å². The Hall–Kier alpha value is -1.59. The summed E-state index contributed by atoms with van der Waals surface area (Å²) in [5, 5.41) is 22.9. The maximum absolute atomic E-state index is 13.1. The zero-order valence-corrected chi connectivity index (χ0v) is 20.8. The number of aldehydes is 1. The summed E-state index contributed by atoms with van der Waals surface area (Å²) < 4.78 is 28.8. The van der Waals surface area contributed by atoms with Crippen LogP contribution in [0, 0.1) is 34.0 Å². The number of carbonyl (C=O) groups is 3. The van der Waals surface area contributed by atoms with E-state index in [1.54, 1.807) is 6.92 Å². The summed E-state index contributed by atoms with van der Waals surface area (Å²) in [6.07, 6.45) is -4.55. The lowest BCUT2D eigenvalue weighted by atomic mass is 9.51. The first kappa shape index (κ1) is 25.5. The van der Waals surface area contributed by atoms with E-state index in [1.165, 1.54) is 21.1 Å². The van der Waals surface area contributed by atoms with Gasteiger partial charge in [-0.25, -0.2) is 0 Å². The minimum atomic E-state index is -1.65. The van der Waals surface area contributed by atoms with Gasteiger partial charge in [0.1, 0.15) is 23.9 Å². The summed E-state index contributed by atoms with van der Waals surface area (Å²) in [7, 11) is 2.71. The fourth-order valence-corrected chi connectivity index (χ4v) is 8.33. The number of ether oxygens (including phenoxy) is 5. The van der Waals surface area contributed by atoms with Crippen molar-refractivity contribution in [2.75, 3.05) is 14.2 Å². The van der Waals surface area contributed by atoms with Crippen LogP contribution in [0.25, 0.3) is 0 Å². The number of aliphatic hydroxyl groups excluding tert-OH is 2. The predicted octanol–water partition coefficient (Wildman–Crippen LogP) is 0.804. The van der Waals surface area contributed by atoms with Gasteiger partial charge in [-0.15, -0.1) is 0 Å². The molecule has 0 aromatic carbocycles. The number of hydrogen-bond acceptors (Lipinski definition) is 10. The van der Waals surface area contributed by atoms with Gasteiger partial charge in [0.2, 0.25) is 0 Å². The molecule has 2 saturated heterocycles. The van der Waals surface area contributed by atoms with Crippen LogP contribution >= 0.6 is 0 Å². The van der Waals surface area contributed by atoms with E-state index in [4.69, 9.17) is 23.7 Å². The van der Waals surface area contributed by atoms with E-state index in [2.05, 4.69) is 0 Å². The van der Waals surface area contributed by atoms with Crippen LogP contribution in [-0.4, -0.2) is 79.2 Å². The number of hydrogen-bond donors (Lipinski definition) is 2. The van der Waals surface area contributed by atoms with Crippen LogP contribution in [0.1, 0.15) is 47.5 Å². The minimum Gasteiger partial charge on any atom is -0.469 e. The number of esters is 2. The fourth-order valence-electron chi connectivity index (χ4n) is 8.33. The van der Waals surface area contributed by atoms with E-state index in [0.29, 0.717) is 12.7 Å². The Labute approximate surface area is 199 Å². The van der Waals surface area contributed by atoms with Crippen molar-refractivity contribution in [1.82, 2.24) is 0 Å². The SMILES string of the molecule is COC(=O)C(C)[C@H]1CCC23C(O)[C@H](OC(C)=O)[C@@H](C(C)(C)C)C24C(O[C@@H](O)[C@@H]4OC)OC13C=O. The average Bonchev–Trinajstić information content (AvgIpc) is 3.36. The monoisotopic (exact) mass is 484 g/mol. The minimum absolute atomic E-state index is 0.274. The van der Waals surface area contributed by atoms with Crippen LogP contribution in [0.15, 0.2) is 0 Å². The lowest BCUT2D eigenvalue weighted by Gasteiger charge is -2.50. The highest BCUT2D eigenvalue weighted by Crippen LogP contribution is 2.81. The van der Waals surface area contributed by atoms with E-state index in [1.807, 2.05) is 20.8 Å². The molecule has 2 spiro atoms. The molecule has 10 heteroatoms. The van der Waals surface area contributed by atoms with Gasteiger partial charge < -0.3 is 38.7 Å². The van der Waals surface area contributed by atoms with E-state index < -0.39 is 82.4 Å². The second-order valence-electron chi connectivity index (χ2n) is 11.3. The summed E-state index contributed by atoms with van der Waals surface area (Å²) >= 11 is 0. The summed E-state index contributed by atoms with van der Waals surface area (Å²) in [5.74, 6) is -3.04. The maximum Gasteiger partial charge on any atom is 0.308 e. The van der Waals surface area contributed by atoms with Gasteiger partial charge in [-0.2, -0.15) is 0 Å². The molecule has 2 aliphatic carbocycles. The molecule has 0 aromatic heterocycles. The van der Waals surface area contributed by atoms with Crippen molar-refractivity contribution in [2.24, 2.45) is 34.0 Å². The molecule has 34 heavy (non-hydrogen) atoms. The van der Waals surface area contributed by atoms with Crippen LogP contribution in [0.4, 0.5) is 0 Å². The van der Waals surface area contributed by atoms with Gasteiger partial charge in [0.15, 0.2) is 18.9 Å². The van der Waals surface area contributed by atoms with Gasteiger partial charge in [-0.1, -0.05) is 27.7 Å². The lowest BCUT2D eigenvalue weighted by Crippen LogP contribution is -2.62. The largest absolute Gasteiger partial charge is 0.469 e. The molecule has 0 bridgehead atoms.